The number of Topliss-reactive ketones (excluding diaryl/α,β-unsaturated/α-hetero) is 1. The van der Waals surface area contributed by atoms with Gasteiger partial charge in [0, 0.05) is 9.89 Å². The van der Waals surface area contributed by atoms with Crippen molar-refractivity contribution in [1.29, 1.82) is 0 Å². The normalized spacial score (nSPS) is 35.7. The Morgan fingerprint density at radius 1 is 1.23 bits per heavy atom. The van der Waals surface area contributed by atoms with E-state index in [0.717, 1.165) is 23.0 Å². The van der Waals surface area contributed by atoms with Gasteiger partial charge in [-0.25, -0.2) is 0 Å². The number of nitrogens with one attached hydrogen (secondary N) is 1. The molecule has 3 rings (SSSR count). The Labute approximate surface area is 147 Å². The maximum Gasteiger partial charge on any atom is 0.232 e. The fourth-order valence-corrected chi connectivity index (χ4v) is 6.15. The van der Waals surface area contributed by atoms with E-state index in [1.54, 1.807) is 0 Å². The molecule has 0 radical (unpaired) electrons. The number of amides is 1. The van der Waals surface area contributed by atoms with Crippen molar-refractivity contribution in [3.63, 3.8) is 0 Å². The Hall–Kier alpha value is -0.680. The third kappa shape index (κ3) is 1.72. The van der Waals surface area contributed by atoms with Crippen LogP contribution < -0.4 is 5.32 Å². The van der Waals surface area contributed by atoms with Gasteiger partial charge >= 0.3 is 0 Å². The Balaban J connectivity index is 2.02. The lowest BCUT2D eigenvalue weighted by atomic mass is 9.64. The van der Waals surface area contributed by atoms with Crippen LogP contribution in [0.1, 0.15) is 33.6 Å². The lowest BCUT2D eigenvalue weighted by Crippen LogP contribution is -2.48. The molecule has 0 heterocycles. The Bertz CT molecular complexity index is 672. The fraction of sp³-hybridized carbons (Fsp3) is 0.529. The number of carbonyl (C=O) groups excluding carboxylic acids is 2. The van der Waals surface area contributed by atoms with Gasteiger partial charge in [0.05, 0.1) is 15.9 Å². The predicted molar refractivity (Wildman–Crippen MR) is 94.0 cm³/mol. The van der Waals surface area contributed by atoms with Gasteiger partial charge in [0.2, 0.25) is 5.91 Å². The molecule has 1 aromatic carbocycles. The highest BCUT2D eigenvalue weighted by molar-refractivity contribution is 9.10. The molecular weight excluding hydrogens is 410 g/mol. The number of halogens is 2. The maximum absolute atomic E-state index is 13.1. The largest absolute Gasteiger partial charge is 0.325 e. The van der Waals surface area contributed by atoms with Crippen molar-refractivity contribution in [2.45, 2.75) is 38.4 Å². The van der Waals surface area contributed by atoms with Gasteiger partial charge in [-0.2, -0.15) is 0 Å². The summed E-state index contributed by atoms with van der Waals surface area (Å²) < 4.78 is 0.841. The van der Waals surface area contributed by atoms with E-state index in [4.69, 9.17) is 0 Å². The van der Waals surface area contributed by atoms with Crippen LogP contribution >= 0.6 is 31.9 Å². The van der Waals surface area contributed by atoms with Crippen LogP contribution in [0.4, 0.5) is 5.69 Å². The quantitative estimate of drug-likeness (QED) is 0.702. The summed E-state index contributed by atoms with van der Waals surface area (Å²) in [4.78, 5) is 25.4. The Morgan fingerprint density at radius 2 is 1.86 bits per heavy atom. The minimum Gasteiger partial charge on any atom is -0.325 e. The second-order valence-electron chi connectivity index (χ2n) is 7.09. The summed E-state index contributed by atoms with van der Waals surface area (Å²) in [6.45, 7) is 6.11. The Morgan fingerprint density at radius 3 is 2.41 bits per heavy atom. The number of fused-ring (bicyclic) bond motifs is 2. The molecule has 1 aromatic rings. The van der Waals surface area contributed by atoms with E-state index < -0.39 is 15.7 Å². The van der Waals surface area contributed by atoms with Crippen molar-refractivity contribution in [1.82, 2.24) is 0 Å². The van der Waals surface area contributed by atoms with Crippen molar-refractivity contribution < 1.29 is 9.59 Å². The van der Waals surface area contributed by atoms with Gasteiger partial charge in [-0.05, 0) is 46.3 Å². The van der Waals surface area contributed by atoms with Crippen LogP contribution in [0.5, 0.6) is 0 Å². The van der Waals surface area contributed by atoms with Gasteiger partial charge in [-0.15, -0.1) is 0 Å². The molecule has 2 bridgehead atoms. The lowest BCUT2D eigenvalue weighted by molar-refractivity contribution is -0.130. The maximum atomic E-state index is 13.1. The second-order valence-corrected chi connectivity index (χ2v) is 8.86. The highest BCUT2D eigenvalue weighted by Gasteiger charge is 2.76. The monoisotopic (exact) mass is 427 g/mol. The topological polar surface area (TPSA) is 46.2 Å². The van der Waals surface area contributed by atoms with Crippen LogP contribution in [-0.2, 0) is 9.59 Å². The van der Waals surface area contributed by atoms with Gasteiger partial charge in [-0.3, -0.25) is 9.59 Å². The average molecular weight is 429 g/mol. The summed E-state index contributed by atoms with van der Waals surface area (Å²) in [5, 5.41) is 3.03. The highest BCUT2D eigenvalue weighted by Crippen LogP contribution is 2.72. The molecule has 2 aliphatic rings. The van der Waals surface area contributed by atoms with Crippen molar-refractivity contribution in [2.24, 2.45) is 16.2 Å². The first-order valence-electron chi connectivity index (χ1n) is 7.43. The first-order valence-corrected chi connectivity index (χ1v) is 9.14. The smallest absolute Gasteiger partial charge is 0.232 e. The number of hydrogen-bond acceptors (Lipinski definition) is 2. The standard InChI is InChI=1S/C17H19Br2NO2/c1-15(2)16(3)8-9-17(15,12(19)13(16)21)14(22)20-11-7-5-4-6-10(11)18/h4-7,12H,8-9H2,1-3H3,(H,20,22)/t12-,16+,17+/m1/s1. The van der Waals surface area contributed by atoms with E-state index in [-0.39, 0.29) is 17.1 Å². The predicted octanol–water partition coefficient (Wildman–Crippen LogP) is 4.55. The van der Waals surface area contributed by atoms with E-state index in [9.17, 15) is 9.59 Å². The number of alkyl halides is 1. The third-order valence-electron chi connectivity index (χ3n) is 6.25. The summed E-state index contributed by atoms with van der Waals surface area (Å²) in [5.41, 5.74) is -0.776. The number of hydrogen-bond donors (Lipinski definition) is 1. The van der Waals surface area contributed by atoms with E-state index in [0.29, 0.717) is 0 Å². The zero-order chi connectivity index (χ0) is 16.3. The van der Waals surface area contributed by atoms with E-state index in [1.807, 2.05) is 31.2 Å². The number of anilines is 1. The van der Waals surface area contributed by atoms with Crippen LogP contribution in [-0.4, -0.2) is 16.5 Å². The number of rotatable bonds is 2. The lowest BCUT2D eigenvalue weighted by Gasteiger charge is -2.39. The molecule has 22 heavy (non-hydrogen) atoms. The summed E-state index contributed by atoms with van der Waals surface area (Å²) in [5.74, 6) is 0.0897. The first-order chi connectivity index (χ1) is 10.2. The summed E-state index contributed by atoms with van der Waals surface area (Å²) in [6.07, 6.45) is 1.50. The first kappa shape index (κ1) is 16.2. The van der Waals surface area contributed by atoms with Gasteiger partial charge in [-0.1, -0.05) is 48.8 Å². The van der Waals surface area contributed by atoms with Crippen LogP contribution in [0.25, 0.3) is 0 Å². The molecule has 0 spiro atoms. The third-order valence-corrected chi connectivity index (χ3v) is 8.14. The van der Waals surface area contributed by atoms with Gasteiger partial charge in [0.1, 0.15) is 0 Å². The van der Waals surface area contributed by atoms with Crippen molar-refractivity contribution in [3.05, 3.63) is 28.7 Å². The zero-order valence-corrected chi connectivity index (χ0v) is 16.0. The molecule has 1 N–H and O–H groups in total. The van der Waals surface area contributed by atoms with Crippen LogP contribution in [0, 0.1) is 16.2 Å². The SMILES string of the molecule is CC1(C)[C@@]2(C)CC[C@@]1(C(=O)Nc1ccccc1Br)[C@H](Br)C2=O. The molecular formula is C17H19Br2NO2. The number of carbonyl (C=O) groups is 2. The molecule has 3 nitrogen and oxygen atoms in total. The number of ketones is 1. The molecule has 0 unspecified atom stereocenters. The average Bonchev–Trinajstić information content (AvgIpc) is 2.74. The zero-order valence-electron chi connectivity index (χ0n) is 12.9. The van der Waals surface area contributed by atoms with Gasteiger partial charge < -0.3 is 5.32 Å². The molecule has 2 fully saturated rings. The molecule has 0 aromatic heterocycles. The Kier molecular flexibility index (Phi) is 3.61. The molecule has 0 saturated heterocycles. The van der Waals surface area contributed by atoms with Gasteiger partial charge in [0.15, 0.2) is 5.78 Å². The van der Waals surface area contributed by atoms with E-state index >= 15 is 0 Å². The van der Waals surface area contributed by atoms with E-state index in [2.05, 4.69) is 51.0 Å². The molecule has 118 valence electrons. The minimum atomic E-state index is -0.700. The van der Waals surface area contributed by atoms with Crippen molar-refractivity contribution in [3.8, 4) is 0 Å². The highest BCUT2D eigenvalue weighted by atomic mass is 79.9. The summed E-state index contributed by atoms with van der Waals surface area (Å²) >= 11 is 7.00. The van der Waals surface area contributed by atoms with Crippen LogP contribution in [0.2, 0.25) is 0 Å². The molecule has 2 saturated carbocycles. The van der Waals surface area contributed by atoms with Crippen LogP contribution in [0.3, 0.4) is 0 Å². The second kappa shape index (κ2) is 4.91. The summed E-state index contributed by atoms with van der Waals surface area (Å²) in [6, 6.07) is 7.54. The van der Waals surface area contributed by atoms with Crippen molar-refractivity contribution in [2.75, 3.05) is 5.32 Å². The molecule has 0 aliphatic heterocycles. The molecule has 1 amide bonds. The number of para-hydroxylation sites is 1. The molecule has 3 atom stereocenters. The van der Waals surface area contributed by atoms with Crippen molar-refractivity contribution >= 4 is 49.2 Å². The molecule has 5 heteroatoms. The van der Waals surface area contributed by atoms with Crippen LogP contribution in [0.15, 0.2) is 28.7 Å². The van der Waals surface area contributed by atoms with E-state index in [1.165, 1.54) is 0 Å². The molecule has 2 aliphatic carbocycles. The van der Waals surface area contributed by atoms with Gasteiger partial charge in [0.25, 0.3) is 0 Å². The minimum absolute atomic E-state index is 0.0687. The fourth-order valence-electron chi connectivity index (χ4n) is 4.25. The number of benzene rings is 1. The summed E-state index contributed by atoms with van der Waals surface area (Å²) in [7, 11) is 0.